The summed E-state index contributed by atoms with van der Waals surface area (Å²) in [6, 6.07) is 18.0. The van der Waals surface area contributed by atoms with Gasteiger partial charge in [0.25, 0.3) is 0 Å². The average molecular weight is 519 g/mol. The first-order chi connectivity index (χ1) is 18.4. The summed E-state index contributed by atoms with van der Waals surface area (Å²) >= 11 is 0. The van der Waals surface area contributed by atoms with Crippen molar-refractivity contribution in [2.24, 2.45) is 0 Å². The highest BCUT2D eigenvalue weighted by molar-refractivity contribution is 6.09. The summed E-state index contributed by atoms with van der Waals surface area (Å²) in [6.07, 6.45) is -0.359. The van der Waals surface area contributed by atoms with E-state index < -0.39 is 23.3 Å². The molecule has 1 saturated heterocycles. The van der Waals surface area contributed by atoms with Crippen molar-refractivity contribution in [2.75, 3.05) is 13.2 Å². The van der Waals surface area contributed by atoms with Gasteiger partial charge in [0.2, 0.25) is 0 Å². The van der Waals surface area contributed by atoms with Crippen LogP contribution >= 0.6 is 0 Å². The van der Waals surface area contributed by atoms with E-state index in [1.54, 1.807) is 24.3 Å². The topological polar surface area (TPSA) is 31.6 Å². The first kappa shape index (κ1) is 23.3. The number of nitrogens with zero attached hydrogens (tertiary/aromatic N) is 2. The quantitative estimate of drug-likeness (QED) is 0.169. The molecule has 38 heavy (non-hydrogen) atoms. The van der Waals surface area contributed by atoms with E-state index in [9.17, 15) is 17.6 Å². The van der Waals surface area contributed by atoms with Crippen LogP contribution in [0.2, 0.25) is 0 Å². The van der Waals surface area contributed by atoms with Crippen LogP contribution < -0.4 is 0 Å². The lowest BCUT2D eigenvalue weighted by molar-refractivity contribution is 0.0239. The lowest BCUT2D eigenvalue weighted by Crippen LogP contribution is -2.27. The van der Waals surface area contributed by atoms with Gasteiger partial charge in [-0.1, -0.05) is 0 Å². The number of hydrogen-bond donors (Lipinski definition) is 0. The van der Waals surface area contributed by atoms with Gasteiger partial charge in [-0.3, -0.25) is 0 Å². The number of benzene rings is 4. The van der Waals surface area contributed by atoms with E-state index in [-0.39, 0.29) is 12.2 Å². The summed E-state index contributed by atoms with van der Waals surface area (Å²) in [5.74, 6) is -1.60. The highest BCUT2D eigenvalue weighted by atomic mass is 19.1. The maximum Gasteiger partial charge on any atom is 0.123 e. The van der Waals surface area contributed by atoms with Gasteiger partial charge in [-0.25, -0.2) is 17.6 Å². The maximum absolute atomic E-state index is 14.2. The summed E-state index contributed by atoms with van der Waals surface area (Å²) in [5.41, 5.74) is 3.04. The Balaban J connectivity index is 1.35. The minimum Gasteiger partial charge on any atom is -0.372 e. The number of rotatable bonds is 7. The molecule has 7 rings (SSSR count). The monoisotopic (exact) mass is 518 g/mol. The molecule has 0 aliphatic carbocycles. The van der Waals surface area contributed by atoms with E-state index in [1.807, 2.05) is 9.13 Å². The third kappa shape index (κ3) is 4.01. The van der Waals surface area contributed by atoms with Gasteiger partial charge < -0.3 is 18.6 Å². The molecule has 1 aliphatic rings. The molecular weight excluding hydrogens is 496 g/mol. The van der Waals surface area contributed by atoms with Crippen molar-refractivity contribution >= 4 is 43.6 Å². The first-order valence-corrected chi connectivity index (χ1v) is 12.4. The zero-order valence-corrected chi connectivity index (χ0v) is 20.1. The van der Waals surface area contributed by atoms with Gasteiger partial charge in [0, 0.05) is 43.6 Å². The smallest absolute Gasteiger partial charge is 0.123 e. The molecule has 3 heterocycles. The van der Waals surface area contributed by atoms with E-state index in [0.29, 0.717) is 47.8 Å². The zero-order chi connectivity index (χ0) is 26.0. The normalized spacial score (nSPS) is 15.6. The number of fused-ring (bicyclic) bond motifs is 6. The first-order valence-electron chi connectivity index (χ1n) is 12.4. The molecule has 4 nitrogen and oxygen atoms in total. The number of aromatic nitrogens is 2. The van der Waals surface area contributed by atoms with Crippen LogP contribution in [-0.4, -0.2) is 34.6 Å². The van der Waals surface area contributed by atoms with Crippen LogP contribution in [0.15, 0.2) is 72.8 Å². The summed E-state index contributed by atoms with van der Waals surface area (Å²) in [7, 11) is 0. The van der Waals surface area contributed by atoms with Crippen LogP contribution in [0.1, 0.15) is 0 Å². The second-order valence-electron chi connectivity index (χ2n) is 9.78. The van der Waals surface area contributed by atoms with Crippen molar-refractivity contribution in [1.82, 2.24) is 9.13 Å². The van der Waals surface area contributed by atoms with Gasteiger partial charge in [-0.2, -0.15) is 0 Å². The van der Waals surface area contributed by atoms with Crippen LogP contribution in [0.3, 0.4) is 0 Å². The Morgan fingerprint density at radius 3 is 1.29 bits per heavy atom. The number of halogens is 4. The van der Waals surface area contributed by atoms with Gasteiger partial charge in [0.15, 0.2) is 0 Å². The van der Waals surface area contributed by atoms with Crippen LogP contribution in [0.25, 0.3) is 43.6 Å². The molecule has 1 aliphatic heterocycles. The van der Waals surface area contributed by atoms with E-state index in [1.165, 1.54) is 48.5 Å². The fourth-order valence-corrected chi connectivity index (χ4v) is 5.47. The minimum absolute atomic E-state index is 0.0279. The van der Waals surface area contributed by atoms with Gasteiger partial charge in [0.05, 0.1) is 32.4 Å². The van der Waals surface area contributed by atoms with E-state index >= 15 is 0 Å². The van der Waals surface area contributed by atoms with E-state index in [2.05, 4.69) is 0 Å². The van der Waals surface area contributed by atoms with Crippen molar-refractivity contribution in [1.29, 1.82) is 0 Å². The fourth-order valence-electron chi connectivity index (χ4n) is 5.47. The van der Waals surface area contributed by atoms with Crippen molar-refractivity contribution in [3.63, 3.8) is 0 Å². The average Bonchev–Trinajstić information content (AvgIpc) is 3.63. The van der Waals surface area contributed by atoms with Gasteiger partial charge >= 0.3 is 0 Å². The molecule has 192 valence electrons. The second-order valence-corrected chi connectivity index (χ2v) is 9.78. The summed E-state index contributed by atoms with van der Waals surface area (Å²) in [5, 5.41) is 2.47. The van der Waals surface area contributed by atoms with Crippen molar-refractivity contribution in [2.45, 2.75) is 25.3 Å². The van der Waals surface area contributed by atoms with Crippen LogP contribution in [0.5, 0.6) is 0 Å². The van der Waals surface area contributed by atoms with Crippen LogP contribution in [0.4, 0.5) is 17.6 Å². The predicted molar refractivity (Wildman–Crippen MR) is 138 cm³/mol. The van der Waals surface area contributed by atoms with Crippen molar-refractivity contribution < 1.29 is 27.0 Å². The molecule has 6 aromatic rings. The Morgan fingerprint density at radius 2 is 0.974 bits per heavy atom. The summed E-state index contributed by atoms with van der Waals surface area (Å²) in [6.45, 7) is 1.79. The van der Waals surface area contributed by atoms with Crippen LogP contribution in [0, 0.1) is 23.3 Å². The summed E-state index contributed by atoms with van der Waals surface area (Å²) < 4.78 is 72.4. The molecule has 8 heteroatoms. The molecule has 0 saturated carbocycles. The Bertz CT molecular complexity index is 1610. The highest BCUT2D eigenvalue weighted by Gasteiger charge is 2.26. The molecule has 4 aromatic carbocycles. The Kier molecular flexibility index (Phi) is 5.42. The van der Waals surface area contributed by atoms with Crippen molar-refractivity contribution in [3.8, 4) is 0 Å². The molecule has 0 amide bonds. The minimum atomic E-state index is -0.399. The van der Waals surface area contributed by atoms with Crippen LogP contribution in [-0.2, 0) is 22.6 Å². The molecule has 0 bridgehead atoms. The number of hydrogen-bond acceptors (Lipinski definition) is 2. The molecular formula is C30H22F4N2O2. The largest absolute Gasteiger partial charge is 0.372 e. The Morgan fingerprint density at radius 1 is 0.632 bits per heavy atom. The van der Waals surface area contributed by atoms with E-state index in [0.717, 1.165) is 22.1 Å². The lowest BCUT2D eigenvalue weighted by Gasteiger charge is -2.22. The molecule has 2 aromatic heterocycles. The second kappa shape index (κ2) is 8.85. The SMILES string of the molecule is Fc1ccc2c(c1)c1cc(F)ccc1n2CC(Cn1c2ccc(F)cc2c2cc(F)ccc21)OCC1CO1. The Hall–Kier alpha value is -3.88. The number of epoxide rings is 1. The number of ether oxygens (including phenoxy) is 2. The molecule has 0 radical (unpaired) electrons. The lowest BCUT2D eigenvalue weighted by atomic mass is 10.1. The van der Waals surface area contributed by atoms with Gasteiger partial charge in [0.1, 0.15) is 29.4 Å². The summed E-state index contributed by atoms with van der Waals surface area (Å²) in [4.78, 5) is 0. The molecule has 1 atom stereocenters. The van der Waals surface area contributed by atoms with Gasteiger partial charge in [-0.15, -0.1) is 0 Å². The predicted octanol–water partition coefficient (Wildman–Crippen LogP) is 6.94. The highest BCUT2D eigenvalue weighted by Crippen LogP contribution is 2.33. The third-order valence-corrected chi connectivity index (χ3v) is 7.27. The molecule has 1 unspecified atom stereocenters. The maximum atomic E-state index is 14.2. The standard InChI is InChI=1S/C30H22F4N2O2/c31-17-1-5-27-23(9-17)24-10-18(32)2-6-28(24)35(27)13-21(37-15-22-16-38-22)14-36-29-7-3-19(33)11-25(29)26-12-20(34)4-8-30(26)36/h1-12,21-22H,13-16H2. The third-order valence-electron chi connectivity index (χ3n) is 7.27. The molecule has 1 fully saturated rings. The van der Waals surface area contributed by atoms with Gasteiger partial charge in [-0.05, 0) is 72.8 Å². The van der Waals surface area contributed by atoms with Crippen molar-refractivity contribution in [3.05, 3.63) is 96.1 Å². The molecule has 0 N–H and O–H groups in total. The fraction of sp³-hybridized carbons (Fsp3) is 0.200. The Labute approximate surface area is 214 Å². The zero-order valence-electron chi connectivity index (χ0n) is 20.1. The van der Waals surface area contributed by atoms with E-state index in [4.69, 9.17) is 9.47 Å². The molecule has 0 spiro atoms.